The molecule has 1 saturated carbocycles. The fourth-order valence-corrected chi connectivity index (χ4v) is 4.47. The maximum absolute atomic E-state index is 12.7. The molecular formula is C20H21N5OS2. The Kier molecular flexibility index (Phi) is 5.87. The summed E-state index contributed by atoms with van der Waals surface area (Å²) in [7, 11) is 0. The van der Waals surface area contributed by atoms with Crippen LogP contribution >= 0.6 is 23.1 Å². The van der Waals surface area contributed by atoms with Crippen LogP contribution in [0, 0.1) is 0 Å². The summed E-state index contributed by atoms with van der Waals surface area (Å²) in [6.07, 6.45) is 5.92. The Morgan fingerprint density at radius 3 is 2.86 bits per heavy atom. The third-order valence-corrected chi connectivity index (χ3v) is 6.28. The van der Waals surface area contributed by atoms with Crippen molar-refractivity contribution in [1.82, 2.24) is 25.1 Å². The van der Waals surface area contributed by atoms with Gasteiger partial charge >= 0.3 is 0 Å². The topological polar surface area (TPSA) is 72.7 Å². The minimum absolute atomic E-state index is 0.0600. The Morgan fingerprint density at radius 1 is 1.36 bits per heavy atom. The second-order valence-corrected chi connectivity index (χ2v) is 8.45. The fraction of sp³-hybridized carbons (Fsp3) is 0.300. The van der Waals surface area contributed by atoms with Crippen molar-refractivity contribution in [1.29, 1.82) is 0 Å². The summed E-state index contributed by atoms with van der Waals surface area (Å²) in [5, 5.41) is 15.3. The summed E-state index contributed by atoms with van der Waals surface area (Å²) in [6.45, 7) is 4.48. The number of nitrogens with one attached hydrogen (secondary N) is 1. The van der Waals surface area contributed by atoms with E-state index in [4.69, 9.17) is 0 Å². The second kappa shape index (κ2) is 8.70. The van der Waals surface area contributed by atoms with E-state index in [0.717, 1.165) is 34.4 Å². The molecule has 1 unspecified atom stereocenters. The number of nitrogens with zero attached hydrogens (tertiary/aromatic N) is 4. The number of hydrogen-bond acceptors (Lipinski definition) is 6. The van der Waals surface area contributed by atoms with Gasteiger partial charge in [0.25, 0.3) is 0 Å². The largest absolute Gasteiger partial charge is 0.342 e. The van der Waals surface area contributed by atoms with E-state index in [2.05, 4.69) is 31.6 Å². The van der Waals surface area contributed by atoms with Crippen LogP contribution in [0.25, 0.3) is 0 Å². The molecule has 2 heterocycles. The van der Waals surface area contributed by atoms with Gasteiger partial charge in [-0.2, -0.15) is 0 Å². The smallest absolute Gasteiger partial charge is 0.231 e. The summed E-state index contributed by atoms with van der Waals surface area (Å²) < 4.78 is 2.07. The molecule has 1 atom stereocenters. The molecule has 1 aliphatic rings. The van der Waals surface area contributed by atoms with Crippen molar-refractivity contribution in [3.05, 3.63) is 71.0 Å². The first-order valence-electron chi connectivity index (χ1n) is 9.16. The maximum Gasteiger partial charge on any atom is 0.231 e. The van der Waals surface area contributed by atoms with E-state index in [9.17, 15) is 4.79 Å². The van der Waals surface area contributed by atoms with Gasteiger partial charge in [0.15, 0.2) is 5.16 Å². The molecule has 2 aromatic heterocycles. The van der Waals surface area contributed by atoms with Crippen molar-refractivity contribution >= 4 is 29.0 Å². The molecule has 1 N–H and O–H groups in total. The number of carbonyl (C=O) groups is 1. The molecule has 28 heavy (non-hydrogen) atoms. The zero-order valence-electron chi connectivity index (χ0n) is 15.3. The summed E-state index contributed by atoms with van der Waals surface area (Å²) in [6, 6.07) is 9.65. The first-order chi connectivity index (χ1) is 13.8. The van der Waals surface area contributed by atoms with E-state index in [1.165, 1.54) is 23.1 Å². The summed E-state index contributed by atoms with van der Waals surface area (Å²) in [4.78, 5) is 17.1. The summed E-state index contributed by atoms with van der Waals surface area (Å²) in [5.41, 5.74) is 1.02. The average Bonchev–Trinajstić information content (AvgIpc) is 3.26. The van der Waals surface area contributed by atoms with Crippen LogP contribution in [0.15, 0.2) is 59.7 Å². The highest BCUT2D eigenvalue weighted by Crippen LogP contribution is 2.40. The molecule has 0 bridgehead atoms. The van der Waals surface area contributed by atoms with Crippen molar-refractivity contribution in [2.75, 3.05) is 5.75 Å². The molecular weight excluding hydrogens is 390 g/mol. The molecule has 1 fully saturated rings. The molecule has 0 saturated heterocycles. The van der Waals surface area contributed by atoms with Gasteiger partial charge in [-0.25, -0.2) is 4.98 Å². The van der Waals surface area contributed by atoms with Crippen LogP contribution in [0.2, 0.25) is 0 Å². The average molecular weight is 412 g/mol. The van der Waals surface area contributed by atoms with E-state index in [1.807, 2.05) is 41.8 Å². The molecule has 4 rings (SSSR count). The minimum atomic E-state index is -0.248. The molecule has 8 heteroatoms. The van der Waals surface area contributed by atoms with Gasteiger partial charge in [-0.1, -0.05) is 48.2 Å². The summed E-state index contributed by atoms with van der Waals surface area (Å²) >= 11 is 2.94. The number of amides is 1. The van der Waals surface area contributed by atoms with Crippen molar-refractivity contribution in [2.24, 2.45) is 0 Å². The summed E-state index contributed by atoms with van der Waals surface area (Å²) in [5.74, 6) is 1.72. The number of carbonyl (C=O) groups excluding carboxylic acids is 1. The highest BCUT2D eigenvalue weighted by molar-refractivity contribution is 7.99. The van der Waals surface area contributed by atoms with E-state index in [1.54, 1.807) is 6.20 Å². The SMILES string of the molecule is C=CCn1c(SCC(=O)NC(c2ccccc2)c2nccs2)nnc1C1CC1. The third kappa shape index (κ3) is 4.34. The predicted octanol–water partition coefficient (Wildman–Crippen LogP) is 3.80. The highest BCUT2D eigenvalue weighted by atomic mass is 32.2. The Labute approximate surface area is 172 Å². The first kappa shape index (κ1) is 18.9. The van der Waals surface area contributed by atoms with Crippen LogP contribution in [0.5, 0.6) is 0 Å². The van der Waals surface area contributed by atoms with Crippen molar-refractivity contribution in [2.45, 2.75) is 36.5 Å². The van der Waals surface area contributed by atoms with Gasteiger partial charge in [-0.05, 0) is 18.4 Å². The van der Waals surface area contributed by atoms with E-state index in [-0.39, 0.29) is 17.7 Å². The van der Waals surface area contributed by atoms with Crippen LogP contribution in [0.3, 0.4) is 0 Å². The molecule has 3 aromatic rings. The van der Waals surface area contributed by atoms with Gasteiger partial charge < -0.3 is 9.88 Å². The third-order valence-electron chi connectivity index (χ3n) is 4.47. The van der Waals surface area contributed by atoms with Crippen molar-refractivity contribution < 1.29 is 4.79 Å². The van der Waals surface area contributed by atoms with Gasteiger partial charge in [-0.15, -0.1) is 28.1 Å². The standard InChI is InChI=1S/C20H21N5OS2/c1-2-11-25-18(15-8-9-15)23-24-20(25)28-13-16(26)22-17(19-21-10-12-27-19)14-6-4-3-5-7-14/h2-7,10,12,15,17H,1,8-9,11,13H2,(H,22,26). The second-order valence-electron chi connectivity index (χ2n) is 6.58. The molecule has 1 amide bonds. The Morgan fingerprint density at radius 2 is 2.18 bits per heavy atom. The van der Waals surface area contributed by atoms with E-state index < -0.39 is 0 Å². The van der Waals surface area contributed by atoms with E-state index >= 15 is 0 Å². The van der Waals surface area contributed by atoms with Crippen LogP contribution < -0.4 is 5.32 Å². The van der Waals surface area contributed by atoms with Gasteiger partial charge in [-0.3, -0.25) is 4.79 Å². The first-order valence-corrected chi connectivity index (χ1v) is 11.0. The number of thioether (sulfide) groups is 1. The molecule has 6 nitrogen and oxygen atoms in total. The van der Waals surface area contributed by atoms with Gasteiger partial charge in [0.05, 0.1) is 5.75 Å². The minimum Gasteiger partial charge on any atom is -0.342 e. The quantitative estimate of drug-likeness (QED) is 0.428. The Bertz CT molecular complexity index is 935. The van der Waals surface area contributed by atoms with Gasteiger partial charge in [0, 0.05) is 24.0 Å². The number of rotatable bonds is 9. The highest BCUT2D eigenvalue weighted by Gasteiger charge is 2.30. The molecule has 0 radical (unpaired) electrons. The zero-order chi connectivity index (χ0) is 19.3. The fourth-order valence-electron chi connectivity index (χ4n) is 2.99. The lowest BCUT2D eigenvalue weighted by molar-refractivity contribution is -0.119. The van der Waals surface area contributed by atoms with Gasteiger partial charge in [0.1, 0.15) is 16.9 Å². The molecule has 0 aliphatic heterocycles. The predicted molar refractivity (Wildman–Crippen MR) is 111 cm³/mol. The lowest BCUT2D eigenvalue weighted by Crippen LogP contribution is -2.30. The van der Waals surface area contributed by atoms with Crippen LogP contribution in [0.1, 0.15) is 41.2 Å². The zero-order valence-corrected chi connectivity index (χ0v) is 17.0. The van der Waals surface area contributed by atoms with E-state index in [0.29, 0.717) is 12.5 Å². The normalized spacial score (nSPS) is 14.6. The Balaban J connectivity index is 1.44. The monoisotopic (exact) mass is 411 g/mol. The van der Waals surface area contributed by atoms with Crippen molar-refractivity contribution in [3.8, 4) is 0 Å². The number of aromatic nitrogens is 4. The molecule has 0 spiro atoms. The Hall–Kier alpha value is -2.45. The number of allylic oxidation sites excluding steroid dienone is 1. The lowest BCUT2D eigenvalue weighted by atomic mass is 10.1. The van der Waals surface area contributed by atoms with Gasteiger partial charge in [0.2, 0.25) is 5.91 Å². The van der Waals surface area contributed by atoms with Crippen LogP contribution in [-0.4, -0.2) is 31.4 Å². The van der Waals surface area contributed by atoms with Crippen LogP contribution in [0.4, 0.5) is 0 Å². The molecule has 144 valence electrons. The number of hydrogen-bond donors (Lipinski definition) is 1. The number of benzene rings is 1. The molecule has 1 aliphatic carbocycles. The number of thiazole rings is 1. The maximum atomic E-state index is 12.7. The van der Waals surface area contributed by atoms with Crippen LogP contribution in [-0.2, 0) is 11.3 Å². The lowest BCUT2D eigenvalue weighted by Gasteiger charge is -2.17. The van der Waals surface area contributed by atoms with Crippen molar-refractivity contribution in [3.63, 3.8) is 0 Å². The molecule has 1 aromatic carbocycles.